The molecule has 1 fully saturated rings. The molecule has 2 unspecified atom stereocenters. The molecule has 1 aromatic heterocycles. The monoisotopic (exact) mass is 388 g/mol. The summed E-state index contributed by atoms with van der Waals surface area (Å²) >= 11 is 0. The Morgan fingerprint density at radius 2 is 1.81 bits per heavy atom. The number of nitrogens with zero attached hydrogens (tertiary/aromatic N) is 1. The highest BCUT2D eigenvalue weighted by Gasteiger charge is 2.31. The number of anilines is 1. The van der Waals surface area contributed by atoms with Crippen LogP contribution in [-0.2, 0) is 14.8 Å². The Balaban J connectivity index is 1.66. The number of nitrogens with one attached hydrogen (secondary N) is 1. The van der Waals surface area contributed by atoms with Gasteiger partial charge >= 0.3 is 0 Å². The summed E-state index contributed by atoms with van der Waals surface area (Å²) in [6.45, 7) is 5.24. The Bertz CT molecular complexity index is 892. The van der Waals surface area contributed by atoms with E-state index in [1.165, 1.54) is 24.5 Å². The van der Waals surface area contributed by atoms with Crippen LogP contribution in [0.3, 0.4) is 0 Å². The Kier molecular flexibility index (Phi) is 5.82. The fourth-order valence-electron chi connectivity index (χ4n) is 3.39. The molecule has 1 N–H and O–H groups in total. The van der Waals surface area contributed by atoms with Crippen LogP contribution in [0.1, 0.15) is 26.0 Å². The number of carbonyl (C=O) groups is 1. The van der Waals surface area contributed by atoms with Crippen molar-refractivity contribution >= 4 is 27.7 Å². The fourth-order valence-corrected chi connectivity index (χ4v) is 5.07. The first kappa shape index (κ1) is 19.4. The molecule has 1 aromatic carbocycles. The van der Waals surface area contributed by atoms with Crippen molar-refractivity contribution < 1.29 is 17.6 Å². The topological polar surface area (TPSA) is 79.6 Å². The number of sulfonamides is 1. The average molecular weight is 388 g/mol. The zero-order valence-electron chi connectivity index (χ0n) is 15.5. The van der Waals surface area contributed by atoms with Crippen molar-refractivity contribution in [1.82, 2.24) is 4.31 Å². The molecule has 1 aliphatic rings. The van der Waals surface area contributed by atoms with E-state index in [2.05, 4.69) is 19.2 Å². The maximum atomic E-state index is 12.9. The normalized spacial score (nSPS) is 21.4. The molecule has 0 spiro atoms. The van der Waals surface area contributed by atoms with Gasteiger partial charge in [-0.25, -0.2) is 8.42 Å². The first-order valence-corrected chi connectivity index (χ1v) is 10.4. The van der Waals surface area contributed by atoms with E-state index in [1.54, 1.807) is 34.6 Å². The molecule has 3 rings (SSSR count). The highest BCUT2D eigenvalue weighted by atomic mass is 32.2. The molecule has 144 valence electrons. The molecule has 2 aromatic rings. The Morgan fingerprint density at radius 3 is 2.41 bits per heavy atom. The van der Waals surface area contributed by atoms with E-state index in [-0.39, 0.29) is 10.8 Å². The van der Waals surface area contributed by atoms with Crippen LogP contribution < -0.4 is 5.32 Å². The van der Waals surface area contributed by atoms with Crippen molar-refractivity contribution in [2.45, 2.75) is 25.2 Å². The maximum absolute atomic E-state index is 12.9. The Hall–Kier alpha value is -2.38. The number of furan rings is 1. The van der Waals surface area contributed by atoms with Crippen LogP contribution in [0.5, 0.6) is 0 Å². The number of amides is 1. The SMILES string of the molecule is CC1CC(C)CN(S(=O)(=O)c2ccc(NC(=O)/C=C/c3ccco3)cc2)C1. The van der Waals surface area contributed by atoms with E-state index in [0.717, 1.165) is 6.42 Å². The summed E-state index contributed by atoms with van der Waals surface area (Å²) in [7, 11) is -3.52. The summed E-state index contributed by atoms with van der Waals surface area (Å²) in [5, 5.41) is 2.70. The highest BCUT2D eigenvalue weighted by molar-refractivity contribution is 7.89. The van der Waals surface area contributed by atoms with Gasteiger partial charge in [0.25, 0.3) is 0 Å². The summed E-state index contributed by atoms with van der Waals surface area (Å²) in [4.78, 5) is 12.2. The molecule has 1 aliphatic heterocycles. The molecule has 7 heteroatoms. The summed E-state index contributed by atoms with van der Waals surface area (Å²) < 4.78 is 32.4. The average Bonchev–Trinajstić information content (AvgIpc) is 3.13. The largest absolute Gasteiger partial charge is 0.465 e. The summed E-state index contributed by atoms with van der Waals surface area (Å²) in [6, 6.07) is 9.74. The predicted molar refractivity (Wildman–Crippen MR) is 105 cm³/mol. The first-order chi connectivity index (χ1) is 12.8. The molecule has 0 aliphatic carbocycles. The summed E-state index contributed by atoms with van der Waals surface area (Å²) in [5.41, 5.74) is 0.531. The molecular formula is C20H24N2O4S. The van der Waals surface area contributed by atoms with Gasteiger partial charge in [-0.3, -0.25) is 4.79 Å². The van der Waals surface area contributed by atoms with Gasteiger partial charge < -0.3 is 9.73 Å². The molecular weight excluding hydrogens is 364 g/mol. The molecule has 0 radical (unpaired) electrons. The smallest absolute Gasteiger partial charge is 0.248 e. The number of hydrogen-bond donors (Lipinski definition) is 1. The standard InChI is InChI=1S/C20H24N2O4S/c1-15-12-16(2)14-22(13-15)27(24,25)19-8-5-17(6-9-19)21-20(23)10-7-18-4-3-11-26-18/h3-11,15-16H,12-14H2,1-2H3,(H,21,23)/b10-7+. The lowest BCUT2D eigenvalue weighted by atomic mass is 9.94. The molecule has 2 atom stereocenters. The van der Waals surface area contributed by atoms with Crippen LogP contribution in [-0.4, -0.2) is 31.7 Å². The van der Waals surface area contributed by atoms with E-state index >= 15 is 0 Å². The van der Waals surface area contributed by atoms with Crippen molar-refractivity contribution in [3.63, 3.8) is 0 Å². The van der Waals surface area contributed by atoms with Crippen molar-refractivity contribution in [1.29, 1.82) is 0 Å². The van der Waals surface area contributed by atoms with E-state index in [1.807, 2.05) is 0 Å². The number of piperidine rings is 1. The van der Waals surface area contributed by atoms with Crippen LogP contribution in [0.2, 0.25) is 0 Å². The van der Waals surface area contributed by atoms with E-state index in [9.17, 15) is 13.2 Å². The van der Waals surface area contributed by atoms with Gasteiger partial charge in [0.05, 0.1) is 11.2 Å². The number of benzene rings is 1. The van der Waals surface area contributed by atoms with Crippen molar-refractivity contribution in [2.75, 3.05) is 18.4 Å². The molecule has 0 bridgehead atoms. The minimum Gasteiger partial charge on any atom is -0.465 e. The second kappa shape index (κ2) is 8.10. The van der Waals surface area contributed by atoms with E-state index < -0.39 is 10.0 Å². The van der Waals surface area contributed by atoms with Gasteiger partial charge in [-0.1, -0.05) is 13.8 Å². The van der Waals surface area contributed by atoms with Crippen molar-refractivity contribution in [2.24, 2.45) is 11.8 Å². The van der Waals surface area contributed by atoms with Gasteiger partial charge in [-0.05, 0) is 60.7 Å². The molecule has 2 heterocycles. The van der Waals surface area contributed by atoms with Crippen molar-refractivity contribution in [3.8, 4) is 0 Å². The second-order valence-electron chi connectivity index (χ2n) is 7.13. The molecule has 27 heavy (non-hydrogen) atoms. The predicted octanol–water partition coefficient (Wildman–Crippen LogP) is 3.60. The number of rotatable bonds is 5. The zero-order chi connectivity index (χ0) is 19.4. The number of carbonyl (C=O) groups excluding carboxylic acids is 1. The zero-order valence-corrected chi connectivity index (χ0v) is 16.3. The number of hydrogen-bond acceptors (Lipinski definition) is 4. The summed E-state index contributed by atoms with van der Waals surface area (Å²) in [5.74, 6) is 0.961. The Labute approximate surface area is 159 Å². The van der Waals surface area contributed by atoms with Gasteiger partial charge in [0.15, 0.2) is 0 Å². The van der Waals surface area contributed by atoms with Gasteiger partial charge in [0.1, 0.15) is 5.76 Å². The lowest BCUT2D eigenvalue weighted by Crippen LogP contribution is -2.42. The highest BCUT2D eigenvalue weighted by Crippen LogP contribution is 2.27. The van der Waals surface area contributed by atoms with Gasteiger partial charge in [0, 0.05) is 24.9 Å². The van der Waals surface area contributed by atoms with Gasteiger partial charge in [-0.15, -0.1) is 0 Å². The van der Waals surface area contributed by atoms with Crippen LogP contribution >= 0.6 is 0 Å². The van der Waals surface area contributed by atoms with Crippen LogP contribution in [0.15, 0.2) is 58.1 Å². The Morgan fingerprint density at radius 1 is 1.15 bits per heavy atom. The molecule has 0 saturated carbocycles. The third-order valence-electron chi connectivity index (χ3n) is 4.54. The van der Waals surface area contributed by atoms with Crippen molar-refractivity contribution in [3.05, 3.63) is 54.5 Å². The third kappa shape index (κ3) is 4.87. The maximum Gasteiger partial charge on any atom is 0.248 e. The first-order valence-electron chi connectivity index (χ1n) is 8.97. The lowest BCUT2D eigenvalue weighted by molar-refractivity contribution is -0.111. The quantitative estimate of drug-likeness (QED) is 0.794. The fraction of sp³-hybridized carbons (Fsp3) is 0.350. The van der Waals surface area contributed by atoms with E-state index in [4.69, 9.17) is 4.42 Å². The molecule has 1 amide bonds. The van der Waals surface area contributed by atoms with Crippen LogP contribution in [0.25, 0.3) is 6.08 Å². The molecule has 1 saturated heterocycles. The van der Waals surface area contributed by atoms with Crippen LogP contribution in [0.4, 0.5) is 5.69 Å². The van der Waals surface area contributed by atoms with Crippen LogP contribution in [0, 0.1) is 11.8 Å². The minimum absolute atomic E-state index is 0.243. The lowest BCUT2D eigenvalue weighted by Gasteiger charge is -2.34. The second-order valence-corrected chi connectivity index (χ2v) is 9.07. The third-order valence-corrected chi connectivity index (χ3v) is 6.38. The van der Waals surface area contributed by atoms with Gasteiger partial charge in [-0.2, -0.15) is 4.31 Å². The summed E-state index contributed by atoms with van der Waals surface area (Å²) in [6.07, 6.45) is 5.50. The van der Waals surface area contributed by atoms with E-state index in [0.29, 0.717) is 36.4 Å². The van der Waals surface area contributed by atoms with Gasteiger partial charge in [0.2, 0.25) is 15.9 Å². The minimum atomic E-state index is -3.52. The molecule has 6 nitrogen and oxygen atoms in total.